The van der Waals surface area contributed by atoms with E-state index in [2.05, 4.69) is 6.92 Å². The van der Waals surface area contributed by atoms with Crippen molar-refractivity contribution in [3.05, 3.63) is 27.8 Å². The van der Waals surface area contributed by atoms with Crippen LogP contribution >= 0.6 is 11.6 Å². The summed E-state index contributed by atoms with van der Waals surface area (Å²) in [7, 11) is 0. The van der Waals surface area contributed by atoms with E-state index in [0.717, 1.165) is 17.7 Å². The van der Waals surface area contributed by atoms with Crippen molar-refractivity contribution in [3.8, 4) is 5.75 Å². The van der Waals surface area contributed by atoms with Crippen molar-refractivity contribution < 1.29 is 4.74 Å². The highest BCUT2D eigenvalue weighted by Gasteiger charge is 2.13. The second-order valence-corrected chi connectivity index (χ2v) is 4.62. The lowest BCUT2D eigenvalue weighted by atomic mass is 9.97. The molecule has 1 aromatic rings. The Labute approximate surface area is 103 Å². The minimum Gasteiger partial charge on any atom is -0.492 e. The Morgan fingerprint density at radius 2 is 2.00 bits per heavy atom. The second kappa shape index (κ2) is 5.55. The molecule has 90 valence electrons. The average molecular weight is 242 g/mol. The summed E-state index contributed by atoms with van der Waals surface area (Å²) in [5.41, 5.74) is 9.37. The van der Waals surface area contributed by atoms with Crippen LogP contribution in [0.1, 0.15) is 30.5 Å². The van der Waals surface area contributed by atoms with Gasteiger partial charge in [0.25, 0.3) is 0 Å². The third-order valence-corrected chi connectivity index (χ3v) is 3.01. The van der Waals surface area contributed by atoms with Crippen molar-refractivity contribution in [3.63, 3.8) is 0 Å². The maximum absolute atomic E-state index is 6.20. The van der Waals surface area contributed by atoms with Crippen LogP contribution in [-0.4, -0.2) is 12.6 Å². The van der Waals surface area contributed by atoms with E-state index in [1.54, 1.807) is 0 Å². The molecule has 16 heavy (non-hydrogen) atoms. The van der Waals surface area contributed by atoms with Crippen molar-refractivity contribution in [2.45, 2.75) is 40.2 Å². The van der Waals surface area contributed by atoms with E-state index in [9.17, 15) is 0 Å². The summed E-state index contributed by atoms with van der Waals surface area (Å²) in [6.45, 7) is 8.72. The van der Waals surface area contributed by atoms with Gasteiger partial charge >= 0.3 is 0 Å². The number of hydrogen-bond acceptors (Lipinski definition) is 2. The summed E-state index contributed by atoms with van der Waals surface area (Å²) < 4.78 is 5.55. The molecule has 2 N–H and O–H groups in total. The molecule has 1 unspecified atom stereocenters. The lowest BCUT2D eigenvalue weighted by Crippen LogP contribution is -2.18. The largest absolute Gasteiger partial charge is 0.492 e. The highest BCUT2D eigenvalue weighted by atomic mass is 35.5. The average Bonchev–Trinajstić information content (AvgIpc) is 2.20. The van der Waals surface area contributed by atoms with E-state index in [4.69, 9.17) is 22.1 Å². The molecule has 0 bridgehead atoms. The maximum atomic E-state index is 6.20. The molecule has 3 heteroatoms. The van der Waals surface area contributed by atoms with E-state index in [-0.39, 0.29) is 6.04 Å². The summed E-state index contributed by atoms with van der Waals surface area (Å²) in [5.74, 6) is 0.801. The van der Waals surface area contributed by atoms with Gasteiger partial charge in [-0.05, 0) is 56.9 Å². The number of benzene rings is 1. The summed E-state index contributed by atoms with van der Waals surface area (Å²) in [6, 6.07) is 2.12. The fourth-order valence-corrected chi connectivity index (χ4v) is 2.13. The van der Waals surface area contributed by atoms with Crippen molar-refractivity contribution in [2.24, 2.45) is 5.73 Å². The monoisotopic (exact) mass is 241 g/mol. The lowest BCUT2D eigenvalue weighted by Gasteiger charge is -2.16. The highest BCUT2D eigenvalue weighted by Crippen LogP contribution is 2.33. The van der Waals surface area contributed by atoms with E-state index in [1.165, 1.54) is 11.1 Å². The summed E-state index contributed by atoms with van der Waals surface area (Å²) in [6.07, 6.45) is 0.846. The Kier molecular flexibility index (Phi) is 4.63. The van der Waals surface area contributed by atoms with Crippen LogP contribution in [0, 0.1) is 13.8 Å². The number of ether oxygens (including phenoxy) is 1. The van der Waals surface area contributed by atoms with E-state index >= 15 is 0 Å². The second-order valence-electron chi connectivity index (χ2n) is 4.21. The molecule has 0 aliphatic carbocycles. The van der Waals surface area contributed by atoms with Crippen LogP contribution < -0.4 is 10.5 Å². The SMILES string of the molecule is CCOc1c(Cl)cc(CC(C)N)c(C)c1C. The Morgan fingerprint density at radius 3 is 2.50 bits per heavy atom. The summed E-state index contributed by atoms with van der Waals surface area (Å²) >= 11 is 6.20. The van der Waals surface area contributed by atoms with Gasteiger partial charge in [0.15, 0.2) is 0 Å². The van der Waals surface area contributed by atoms with Gasteiger partial charge in [0.05, 0.1) is 11.6 Å². The molecule has 0 aliphatic rings. The van der Waals surface area contributed by atoms with Crippen molar-refractivity contribution >= 4 is 11.6 Å². The zero-order chi connectivity index (χ0) is 12.3. The van der Waals surface area contributed by atoms with Gasteiger partial charge in [-0.1, -0.05) is 11.6 Å². The molecular weight excluding hydrogens is 222 g/mol. The molecule has 2 nitrogen and oxygen atoms in total. The number of rotatable bonds is 4. The smallest absolute Gasteiger partial charge is 0.141 e. The van der Waals surface area contributed by atoms with Crippen LogP contribution in [0.15, 0.2) is 6.07 Å². The molecule has 0 heterocycles. The number of hydrogen-bond donors (Lipinski definition) is 1. The molecule has 0 amide bonds. The van der Waals surface area contributed by atoms with Crippen LogP contribution in [0.5, 0.6) is 5.75 Å². The number of nitrogens with two attached hydrogens (primary N) is 1. The molecule has 1 rings (SSSR count). The van der Waals surface area contributed by atoms with Crippen LogP contribution in [0.2, 0.25) is 5.02 Å². The van der Waals surface area contributed by atoms with Gasteiger partial charge in [0.2, 0.25) is 0 Å². The van der Waals surface area contributed by atoms with E-state index in [0.29, 0.717) is 11.6 Å². The fourth-order valence-electron chi connectivity index (χ4n) is 1.80. The van der Waals surface area contributed by atoms with Gasteiger partial charge in [-0.3, -0.25) is 0 Å². The van der Waals surface area contributed by atoms with Gasteiger partial charge in [-0.15, -0.1) is 0 Å². The topological polar surface area (TPSA) is 35.2 Å². The zero-order valence-corrected chi connectivity index (χ0v) is 11.2. The summed E-state index contributed by atoms with van der Waals surface area (Å²) in [5, 5.41) is 0.681. The zero-order valence-electron chi connectivity index (χ0n) is 10.4. The predicted molar refractivity (Wildman–Crippen MR) is 69.4 cm³/mol. The molecule has 1 atom stereocenters. The first-order valence-corrected chi connectivity index (χ1v) is 6.02. The van der Waals surface area contributed by atoms with Crippen molar-refractivity contribution in [1.82, 2.24) is 0 Å². The molecule has 0 saturated heterocycles. The molecule has 1 aromatic carbocycles. The standard InChI is InChI=1S/C13H20ClNO/c1-5-16-13-10(4)9(3)11(6-8(2)15)7-12(13)14/h7-8H,5-6,15H2,1-4H3. The Hall–Kier alpha value is -0.730. The van der Waals surface area contributed by atoms with Crippen LogP contribution in [-0.2, 0) is 6.42 Å². The highest BCUT2D eigenvalue weighted by molar-refractivity contribution is 6.32. The predicted octanol–water partition coefficient (Wildman–Crippen LogP) is 3.25. The van der Waals surface area contributed by atoms with Crippen LogP contribution in [0.3, 0.4) is 0 Å². The van der Waals surface area contributed by atoms with Gasteiger partial charge in [0, 0.05) is 6.04 Å². The Balaban J connectivity index is 3.16. The molecule has 0 aromatic heterocycles. The van der Waals surface area contributed by atoms with E-state index in [1.807, 2.05) is 26.8 Å². The first-order chi connectivity index (χ1) is 7.47. The van der Waals surface area contributed by atoms with Gasteiger partial charge < -0.3 is 10.5 Å². The van der Waals surface area contributed by atoms with E-state index < -0.39 is 0 Å². The van der Waals surface area contributed by atoms with Crippen LogP contribution in [0.4, 0.5) is 0 Å². The minimum atomic E-state index is 0.145. The number of halogens is 1. The maximum Gasteiger partial charge on any atom is 0.141 e. The van der Waals surface area contributed by atoms with Gasteiger partial charge in [0.1, 0.15) is 5.75 Å². The fraction of sp³-hybridized carbons (Fsp3) is 0.538. The van der Waals surface area contributed by atoms with Crippen LogP contribution in [0.25, 0.3) is 0 Å². The molecule has 0 aliphatic heterocycles. The Bertz CT molecular complexity index is 375. The third-order valence-electron chi connectivity index (χ3n) is 2.73. The summed E-state index contributed by atoms with van der Waals surface area (Å²) in [4.78, 5) is 0. The molecule has 0 radical (unpaired) electrons. The minimum absolute atomic E-state index is 0.145. The first-order valence-electron chi connectivity index (χ1n) is 5.64. The quantitative estimate of drug-likeness (QED) is 0.878. The van der Waals surface area contributed by atoms with Crippen molar-refractivity contribution in [2.75, 3.05) is 6.61 Å². The first kappa shape index (κ1) is 13.3. The van der Waals surface area contributed by atoms with Gasteiger partial charge in [-0.2, -0.15) is 0 Å². The van der Waals surface area contributed by atoms with Crippen molar-refractivity contribution in [1.29, 1.82) is 0 Å². The van der Waals surface area contributed by atoms with Gasteiger partial charge in [-0.25, -0.2) is 0 Å². The molecule has 0 spiro atoms. The Morgan fingerprint density at radius 1 is 1.38 bits per heavy atom. The normalized spacial score (nSPS) is 12.6. The lowest BCUT2D eigenvalue weighted by molar-refractivity contribution is 0.337. The molecular formula is C13H20ClNO. The third kappa shape index (κ3) is 2.89. The molecule has 0 saturated carbocycles. The molecule has 0 fully saturated rings.